The Morgan fingerprint density at radius 2 is 1.00 bits per heavy atom. The van der Waals surface area contributed by atoms with Gasteiger partial charge in [0.1, 0.15) is 5.52 Å². The van der Waals surface area contributed by atoms with E-state index < -0.39 is 0 Å². The molecule has 0 N–H and O–H groups in total. The Kier molecular flexibility index (Phi) is 4.49. The molecule has 35 heavy (non-hydrogen) atoms. The minimum atomic E-state index is 0.651. The van der Waals surface area contributed by atoms with E-state index in [0.29, 0.717) is 5.89 Å². The van der Waals surface area contributed by atoms with Gasteiger partial charge in [-0.15, -0.1) is 0 Å². The van der Waals surface area contributed by atoms with Crippen LogP contribution >= 0.6 is 0 Å². The van der Waals surface area contributed by atoms with E-state index in [2.05, 4.69) is 84.9 Å². The minimum Gasteiger partial charge on any atom is -0.435 e. The quantitative estimate of drug-likeness (QED) is 0.252. The summed E-state index contributed by atoms with van der Waals surface area (Å²) in [5.74, 6) is 0.651. The lowest BCUT2D eigenvalue weighted by molar-refractivity contribution is 0.623. The molecule has 0 unspecified atom stereocenters. The molecule has 7 rings (SSSR count). The molecule has 164 valence electrons. The van der Waals surface area contributed by atoms with Gasteiger partial charge in [-0.1, -0.05) is 103 Å². The van der Waals surface area contributed by atoms with Gasteiger partial charge in [-0.05, 0) is 62.7 Å². The van der Waals surface area contributed by atoms with Gasteiger partial charge in [0.25, 0.3) is 0 Å². The largest absolute Gasteiger partial charge is 0.435 e. The molecule has 0 aliphatic carbocycles. The predicted molar refractivity (Wildman–Crippen MR) is 145 cm³/mol. The maximum absolute atomic E-state index is 6.37. The summed E-state index contributed by atoms with van der Waals surface area (Å²) in [5, 5.41) is 4.62. The molecule has 0 spiro atoms. The maximum atomic E-state index is 6.37. The number of hydrogen-bond donors (Lipinski definition) is 0. The highest BCUT2D eigenvalue weighted by atomic mass is 16.3. The van der Waals surface area contributed by atoms with E-state index >= 15 is 0 Å². The van der Waals surface area contributed by atoms with Crippen molar-refractivity contribution in [3.8, 4) is 33.7 Å². The number of oxazole rings is 1. The summed E-state index contributed by atoms with van der Waals surface area (Å²) in [6.45, 7) is 0. The van der Waals surface area contributed by atoms with Crippen molar-refractivity contribution < 1.29 is 4.42 Å². The molecule has 2 heteroatoms. The average Bonchev–Trinajstić information content (AvgIpc) is 3.38. The lowest BCUT2D eigenvalue weighted by Crippen LogP contribution is -1.83. The first-order valence-corrected chi connectivity index (χ1v) is 11.8. The lowest BCUT2D eigenvalue weighted by atomic mass is 9.95. The molecule has 0 saturated carbocycles. The molecule has 0 aliphatic heterocycles. The third-order valence-corrected chi connectivity index (χ3v) is 6.70. The Morgan fingerprint density at radius 3 is 1.74 bits per heavy atom. The van der Waals surface area contributed by atoms with E-state index in [1.807, 2.05) is 42.5 Å². The van der Waals surface area contributed by atoms with E-state index in [-0.39, 0.29) is 0 Å². The fraction of sp³-hybridized carbons (Fsp3) is 0. The summed E-state index contributed by atoms with van der Waals surface area (Å²) in [5.41, 5.74) is 7.52. The second kappa shape index (κ2) is 7.96. The van der Waals surface area contributed by atoms with Gasteiger partial charge in [0.15, 0.2) is 5.58 Å². The van der Waals surface area contributed by atoms with Crippen LogP contribution in [0.15, 0.2) is 132 Å². The molecule has 0 atom stereocenters. The summed E-state index contributed by atoms with van der Waals surface area (Å²) < 4.78 is 6.37. The summed E-state index contributed by atoms with van der Waals surface area (Å²) >= 11 is 0. The zero-order valence-electron chi connectivity index (χ0n) is 19.0. The van der Waals surface area contributed by atoms with Crippen LogP contribution in [-0.4, -0.2) is 4.98 Å². The molecule has 0 aliphatic rings. The molecule has 0 radical (unpaired) electrons. The summed E-state index contributed by atoms with van der Waals surface area (Å²) in [4.78, 5) is 4.79. The van der Waals surface area contributed by atoms with E-state index in [1.54, 1.807) is 0 Å². The third kappa shape index (κ3) is 3.39. The molecule has 6 aromatic carbocycles. The number of nitrogens with zero attached hydrogens (tertiary/aromatic N) is 1. The van der Waals surface area contributed by atoms with Crippen molar-refractivity contribution in [2.24, 2.45) is 0 Å². The second-order valence-electron chi connectivity index (χ2n) is 8.84. The highest BCUT2D eigenvalue weighted by molar-refractivity contribution is 6.18. The Hall–Kier alpha value is -4.69. The fourth-order valence-corrected chi connectivity index (χ4v) is 4.89. The number of rotatable bonds is 3. The van der Waals surface area contributed by atoms with Crippen LogP contribution in [0.3, 0.4) is 0 Å². The Labute approximate surface area is 203 Å². The first-order chi connectivity index (χ1) is 17.3. The predicted octanol–water partition coefficient (Wildman–Crippen LogP) is 9.14. The number of benzene rings is 6. The maximum Gasteiger partial charge on any atom is 0.227 e. The summed E-state index contributed by atoms with van der Waals surface area (Å²) in [7, 11) is 0. The first kappa shape index (κ1) is 19.7. The SMILES string of the molecule is c1ccc(-c2ccc(-c3ccc4ccc5ccc6nc(-c7ccccc7)oc6c5c4c3)cc2)cc1. The van der Waals surface area contributed by atoms with Crippen LogP contribution in [0.2, 0.25) is 0 Å². The van der Waals surface area contributed by atoms with Crippen LogP contribution in [0.25, 0.3) is 66.4 Å². The Morgan fingerprint density at radius 1 is 0.457 bits per heavy atom. The smallest absolute Gasteiger partial charge is 0.227 e. The zero-order valence-corrected chi connectivity index (χ0v) is 19.0. The van der Waals surface area contributed by atoms with Gasteiger partial charge in [-0.3, -0.25) is 0 Å². The van der Waals surface area contributed by atoms with Gasteiger partial charge >= 0.3 is 0 Å². The third-order valence-electron chi connectivity index (χ3n) is 6.70. The fourth-order valence-electron chi connectivity index (χ4n) is 4.89. The number of hydrogen-bond acceptors (Lipinski definition) is 2. The van der Waals surface area contributed by atoms with Gasteiger partial charge < -0.3 is 4.42 Å². The van der Waals surface area contributed by atoms with Crippen molar-refractivity contribution in [3.63, 3.8) is 0 Å². The zero-order chi connectivity index (χ0) is 23.2. The van der Waals surface area contributed by atoms with Crippen LogP contribution in [0.4, 0.5) is 0 Å². The standard InChI is InChI=1S/C33H21NO/c1-3-7-22(8-4-1)23-11-13-24(14-12-23)28-18-16-25-15-17-26-19-20-30-32(31(26)29(25)21-28)35-33(34-30)27-9-5-2-6-10-27/h1-21H. The molecule has 0 amide bonds. The molecule has 2 nitrogen and oxygen atoms in total. The number of fused-ring (bicyclic) bond motifs is 5. The Bertz CT molecular complexity index is 1820. The van der Waals surface area contributed by atoms with Crippen molar-refractivity contribution in [1.82, 2.24) is 4.98 Å². The summed E-state index contributed by atoms with van der Waals surface area (Å²) in [6.07, 6.45) is 0. The Balaban J connectivity index is 1.40. The molecular formula is C33H21NO. The van der Waals surface area contributed by atoms with Crippen molar-refractivity contribution in [1.29, 1.82) is 0 Å². The molecule has 1 aromatic heterocycles. The van der Waals surface area contributed by atoms with Gasteiger partial charge in [-0.25, -0.2) is 4.98 Å². The van der Waals surface area contributed by atoms with Crippen molar-refractivity contribution >= 4 is 32.6 Å². The van der Waals surface area contributed by atoms with Crippen LogP contribution in [0, 0.1) is 0 Å². The normalized spacial score (nSPS) is 11.4. The van der Waals surface area contributed by atoms with Crippen molar-refractivity contribution in [2.45, 2.75) is 0 Å². The van der Waals surface area contributed by atoms with Crippen molar-refractivity contribution in [3.05, 3.63) is 127 Å². The van der Waals surface area contributed by atoms with Gasteiger partial charge in [0.05, 0.1) is 0 Å². The van der Waals surface area contributed by atoms with E-state index in [9.17, 15) is 0 Å². The van der Waals surface area contributed by atoms with Crippen LogP contribution in [0.1, 0.15) is 0 Å². The van der Waals surface area contributed by atoms with Crippen LogP contribution in [-0.2, 0) is 0 Å². The van der Waals surface area contributed by atoms with Gasteiger partial charge in [0, 0.05) is 10.9 Å². The summed E-state index contributed by atoms with van der Waals surface area (Å²) in [6, 6.07) is 44.5. The highest BCUT2D eigenvalue weighted by Crippen LogP contribution is 2.36. The first-order valence-electron chi connectivity index (χ1n) is 11.8. The molecule has 0 saturated heterocycles. The molecule has 0 fully saturated rings. The van der Waals surface area contributed by atoms with Crippen LogP contribution < -0.4 is 0 Å². The highest BCUT2D eigenvalue weighted by Gasteiger charge is 2.14. The second-order valence-corrected chi connectivity index (χ2v) is 8.84. The van der Waals surface area contributed by atoms with E-state index in [0.717, 1.165) is 27.4 Å². The average molecular weight is 448 g/mol. The lowest BCUT2D eigenvalue weighted by Gasteiger charge is -2.09. The topological polar surface area (TPSA) is 26.0 Å². The molecule has 0 bridgehead atoms. The molecular weight excluding hydrogens is 426 g/mol. The molecule has 1 heterocycles. The van der Waals surface area contributed by atoms with Gasteiger partial charge in [0.2, 0.25) is 5.89 Å². The van der Waals surface area contributed by atoms with Gasteiger partial charge in [-0.2, -0.15) is 0 Å². The van der Waals surface area contributed by atoms with E-state index in [4.69, 9.17) is 9.40 Å². The molecule has 7 aromatic rings. The number of aromatic nitrogens is 1. The minimum absolute atomic E-state index is 0.651. The monoisotopic (exact) mass is 447 g/mol. The van der Waals surface area contributed by atoms with Crippen molar-refractivity contribution in [2.75, 3.05) is 0 Å². The van der Waals surface area contributed by atoms with Crippen LogP contribution in [0.5, 0.6) is 0 Å². The van der Waals surface area contributed by atoms with E-state index in [1.165, 1.54) is 33.0 Å².